The Kier molecular flexibility index (Phi) is 4.69. The quantitative estimate of drug-likeness (QED) is 0.637. The van der Waals surface area contributed by atoms with Gasteiger partial charge in [-0.2, -0.15) is 0 Å². The first kappa shape index (κ1) is 14.5. The highest BCUT2D eigenvalue weighted by Gasteiger charge is 2.18. The van der Waals surface area contributed by atoms with Crippen molar-refractivity contribution in [1.82, 2.24) is 0 Å². The summed E-state index contributed by atoms with van der Waals surface area (Å²) in [6.07, 6.45) is 0. The second kappa shape index (κ2) is 6.48. The summed E-state index contributed by atoms with van der Waals surface area (Å²) in [6.45, 7) is 0. The molecule has 0 aliphatic heterocycles. The minimum Gasteiger partial charge on any atom is -0.314 e. The van der Waals surface area contributed by atoms with Crippen molar-refractivity contribution in [3.8, 4) is 0 Å². The van der Waals surface area contributed by atoms with Gasteiger partial charge in [0.2, 0.25) is 5.91 Å². The van der Waals surface area contributed by atoms with Crippen molar-refractivity contribution in [3.63, 3.8) is 0 Å². The molecule has 0 saturated heterocycles. The number of amides is 1. The van der Waals surface area contributed by atoms with Crippen molar-refractivity contribution in [2.75, 3.05) is 17.3 Å². The van der Waals surface area contributed by atoms with Crippen molar-refractivity contribution in [1.29, 1.82) is 0 Å². The number of ketones is 1. The lowest BCUT2D eigenvalue weighted by Crippen LogP contribution is -2.28. The highest BCUT2D eigenvalue weighted by Crippen LogP contribution is 2.22. The van der Waals surface area contributed by atoms with Crippen molar-refractivity contribution in [2.45, 2.75) is 0 Å². The fourth-order valence-corrected chi connectivity index (χ4v) is 2.30. The highest BCUT2D eigenvalue weighted by atomic mass is 79.9. The van der Waals surface area contributed by atoms with Gasteiger partial charge in [0.05, 0.1) is 11.0 Å². The summed E-state index contributed by atoms with van der Waals surface area (Å²) >= 11 is 3.14. The molecule has 0 fully saturated rings. The molecule has 0 unspecified atom stereocenters. The number of anilines is 1. The Bertz CT molecular complexity index is 625. The van der Waals surface area contributed by atoms with Gasteiger partial charge in [0.1, 0.15) is 0 Å². The van der Waals surface area contributed by atoms with Crippen molar-refractivity contribution >= 4 is 33.3 Å². The second-order valence-corrected chi connectivity index (χ2v) is 4.86. The van der Waals surface area contributed by atoms with E-state index >= 15 is 0 Å². The Morgan fingerprint density at radius 1 is 1.00 bits per heavy atom. The van der Waals surface area contributed by atoms with Crippen molar-refractivity contribution < 1.29 is 9.59 Å². The summed E-state index contributed by atoms with van der Waals surface area (Å²) in [5, 5.41) is 0.220. The molecule has 0 aliphatic carbocycles. The fourth-order valence-electron chi connectivity index (χ4n) is 1.93. The summed E-state index contributed by atoms with van der Waals surface area (Å²) in [5.41, 5.74) is 1.75. The summed E-state index contributed by atoms with van der Waals surface area (Å²) in [6, 6.07) is 16.2. The number of benzene rings is 2. The van der Waals surface area contributed by atoms with Crippen molar-refractivity contribution in [2.24, 2.45) is 0 Å². The number of hydrogen-bond acceptors (Lipinski definition) is 2. The van der Waals surface area contributed by atoms with Gasteiger partial charge in [0.25, 0.3) is 0 Å². The van der Waals surface area contributed by atoms with E-state index < -0.39 is 0 Å². The lowest BCUT2D eigenvalue weighted by Gasteiger charge is -2.19. The summed E-state index contributed by atoms with van der Waals surface area (Å²) in [5.74, 6) is -0.186. The first-order valence-corrected chi connectivity index (χ1v) is 7.28. The van der Waals surface area contributed by atoms with Gasteiger partial charge in [-0.05, 0) is 12.1 Å². The average molecular weight is 332 g/mol. The molecule has 2 aromatic carbocycles. The molecule has 0 heterocycles. The molecule has 20 heavy (non-hydrogen) atoms. The molecule has 0 atom stereocenters. The molecule has 1 amide bonds. The standard InChI is InChI=1S/C16H14BrNO2/c1-18(15(19)11-17)14-10-6-5-9-13(14)16(20)12-7-3-2-4-8-12/h2-10H,11H2,1H3. The van der Waals surface area contributed by atoms with Crippen LogP contribution in [0.15, 0.2) is 54.6 Å². The Balaban J connectivity index is 2.43. The van der Waals surface area contributed by atoms with Gasteiger partial charge in [-0.1, -0.05) is 58.4 Å². The van der Waals surface area contributed by atoms with Gasteiger partial charge >= 0.3 is 0 Å². The maximum Gasteiger partial charge on any atom is 0.237 e. The Morgan fingerprint density at radius 2 is 1.60 bits per heavy atom. The van der Waals surface area contributed by atoms with E-state index in [1.807, 2.05) is 24.3 Å². The molecule has 0 bridgehead atoms. The Hall–Kier alpha value is -1.94. The van der Waals surface area contributed by atoms with Gasteiger partial charge in [-0.3, -0.25) is 9.59 Å². The van der Waals surface area contributed by atoms with Crippen molar-refractivity contribution in [3.05, 3.63) is 65.7 Å². The highest BCUT2D eigenvalue weighted by molar-refractivity contribution is 9.09. The number of para-hydroxylation sites is 1. The Morgan fingerprint density at radius 3 is 2.25 bits per heavy atom. The van der Waals surface area contributed by atoms with Gasteiger partial charge in [-0.25, -0.2) is 0 Å². The predicted molar refractivity (Wildman–Crippen MR) is 83.5 cm³/mol. The third-order valence-corrected chi connectivity index (χ3v) is 3.51. The zero-order valence-corrected chi connectivity index (χ0v) is 12.6. The van der Waals surface area contributed by atoms with E-state index in [1.54, 1.807) is 37.4 Å². The topological polar surface area (TPSA) is 37.4 Å². The van der Waals surface area contributed by atoms with Crippen LogP contribution in [0.2, 0.25) is 0 Å². The molecule has 0 aromatic heterocycles. The summed E-state index contributed by atoms with van der Waals surface area (Å²) < 4.78 is 0. The van der Waals surface area contributed by atoms with Crippen LogP contribution in [0.25, 0.3) is 0 Å². The summed E-state index contributed by atoms with van der Waals surface area (Å²) in [7, 11) is 1.67. The molecule has 4 heteroatoms. The van der Waals surface area contributed by atoms with Crippen LogP contribution in [0.1, 0.15) is 15.9 Å². The maximum atomic E-state index is 12.5. The molecule has 0 radical (unpaired) electrons. The number of alkyl halides is 1. The summed E-state index contributed by atoms with van der Waals surface area (Å²) in [4.78, 5) is 25.8. The van der Waals surface area contributed by atoms with Crippen LogP contribution >= 0.6 is 15.9 Å². The molecular weight excluding hydrogens is 318 g/mol. The number of carbonyl (C=O) groups excluding carboxylic acids is 2. The fraction of sp³-hybridized carbons (Fsp3) is 0.125. The van der Waals surface area contributed by atoms with E-state index in [2.05, 4.69) is 15.9 Å². The first-order valence-electron chi connectivity index (χ1n) is 6.16. The van der Waals surface area contributed by atoms with Gasteiger partial charge < -0.3 is 4.90 Å². The molecule has 0 aliphatic rings. The molecule has 2 rings (SSSR count). The van der Waals surface area contributed by atoms with E-state index in [1.165, 1.54) is 4.90 Å². The third-order valence-electron chi connectivity index (χ3n) is 3.03. The smallest absolute Gasteiger partial charge is 0.237 e. The molecule has 3 nitrogen and oxygen atoms in total. The number of rotatable bonds is 4. The molecule has 0 spiro atoms. The number of halogens is 1. The number of nitrogens with zero attached hydrogens (tertiary/aromatic N) is 1. The molecule has 0 saturated carbocycles. The molecular formula is C16H14BrNO2. The normalized spacial score (nSPS) is 10.1. The SMILES string of the molecule is CN(C(=O)CBr)c1ccccc1C(=O)c1ccccc1. The largest absolute Gasteiger partial charge is 0.314 e. The lowest BCUT2D eigenvalue weighted by molar-refractivity contribution is -0.115. The lowest BCUT2D eigenvalue weighted by atomic mass is 10.0. The molecule has 102 valence electrons. The number of hydrogen-bond donors (Lipinski definition) is 0. The van der Waals surface area contributed by atoms with E-state index in [9.17, 15) is 9.59 Å². The van der Waals surface area contributed by atoms with Crippen LogP contribution in [0.5, 0.6) is 0 Å². The minimum atomic E-state index is -0.0988. The molecule has 0 N–H and O–H groups in total. The van der Waals surface area contributed by atoms with Gasteiger partial charge in [-0.15, -0.1) is 0 Å². The van der Waals surface area contributed by atoms with Crippen LogP contribution in [-0.4, -0.2) is 24.1 Å². The van der Waals surface area contributed by atoms with Crippen LogP contribution < -0.4 is 4.90 Å². The second-order valence-electron chi connectivity index (χ2n) is 4.30. The third kappa shape index (κ3) is 2.96. The Labute approximate surface area is 126 Å². The van der Waals surface area contributed by atoms with E-state index in [0.29, 0.717) is 16.8 Å². The van der Waals surface area contributed by atoms with Crippen LogP contribution in [0, 0.1) is 0 Å². The number of carbonyl (C=O) groups is 2. The van der Waals surface area contributed by atoms with E-state index in [4.69, 9.17) is 0 Å². The first-order chi connectivity index (χ1) is 9.65. The van der Waals surface area contributed by atoms with Gasteiger partial charge in [0, 0.05) is 18.2 Å². The predicted octanol–water partition coefficient (Wildman–Crippen LogP) is 3.28. The zero-order chi connectivity index (χ0) is 14.5. The van der Waals surface area contributed by atoms with Crippen LogP contribution in [0.3, 0.4) is 0 Å². The maximum absolute atomic E-state index is 12.5. The monoisotopic (exact) mass is 331 g/mol. The van der Waals surface area contributed by atoms with E-state index in [-0.39, 0.29) is 17.0 Å². The zero-order valence-electron chi connectivity index (χ0n) is 11.0. The average Bonchev–Trinajstić information content (AvgIpc) is 2.53. The van der Waals surface area contributed by atoms with E-state index in [0.717, 1.165) is 0 Å². The van der Waals surface area contributed by atoms with Crippen LogP contribution in [-0.2, 0) is 4.79 Å². The molecule has 2 aromatic rings. The minimum absolute atomic E-state index is 0.0876. The van der Waals surface area contributed by atoms with Gasteiger partial charge in [0.15, 0.2) is 5.78 Å². The van der Waals surface area contributed by atoms with Crippen LogP contribution in [0.4, 0.5) is 5.69 Å².